The molecule has 0 heteroatoms. The highest BCUT2D eigenvalue weighted by Gasteiger charge is 1.95. The van der Waals surface area contributed by atoms with Gasteiger partial charge in [-0.05, 0) is 35.7 Å². The van der Waals surface area contributed by atoms with E-state index >= 15 is 0 Å². The van der Waals surface area contributed by atoms with Crippen LogP contribution in [0.25, 0.3) is 10.8 Å². The molecule has 0 amide bonds. The van der Waals surface area contributed by atoms with E-state index in [1.165, 1.54) is 0 Å². The van der Waals surface area contributed by atoms with E-state index in [0.717, 1.165) is 0 Å². The summed E-state index contributed by atoms with van der Waals surface area (Å²) in [4.78, 5) is 0. The van der Waals surface area contributed by atoms with Crippen molar-refractivity contribution in [3.8, 4) is 0 Å². The highest BCUT2D eigenvalue weighted by Crippen LogP contribution is 2.18. The van der Waals surface area contributed by atoms with Crippen molar-refractivity contribution < 1.29 is 8.22 Å². The van der Waals surface area contributed by atoms with Gasteiger partial charge in [0.1, 0.15) is 0 Å². The lowest BCUT2D eigenvalue weighted by atomic mass is 10.0. The Hall–Kier alpha value is -1.30. The Balaban J connectivity index is 3.22. The summed E-state index contributed by atoms with van der Waals surface area (Å²) >= 11 is 0. The summed E-state index contributed by atoms with van der Waals surface area (Å²) in [6.07, 6.45) is 0. The van der Waals surface area contributed by atoms with Gasteiger partial charge in [-0.3, -0.25) is 0 Å². The summed E-state index contributed by atoms with van der Waals surface area (Å²) < 4.78 is 46.9. The van der Waals surface area contributed by atoms with Crippen molar-refractivity contribution >= 4 is 10.8 Å². The number of hydrogen-bond donors (Lipinski definition) is 0. The monoisotopic (exact) mass is 162 g/mol. The van der Waals surface area contributed by atoms with E-state index < -0.39 is 0 Å². The standard InChI is InChI=1S/C12H12/c1-9-7-11-5-3-4-6-12(11)8-10(9)2/h3-8H,1-2H3/i3D,4D,5D,6D,7D,8D. The first kappa shape index (κ1) is 3.21. The van der Waals surface area contributed by atoms with Crippen LogP contribution in [0.1, 0.15) is 19.4 Å². The molecule has 0 N–H and O–H groups in total. The molecular formula is C12H12. The van der Waals surface area contributed by atoms with E-state index in [9.17, 15) is 0 Å². The van der Waals surface area contributed by atoms with E-state index in [-0.39, 0.29) is 47.0 Å². The lowest BCUT2D eigenvalue weighted by molar-refractivity contribution is 1.37. The minimum atomic E-state index is -0.358. The van der Waals surface area contributed by atoms with Crippen LogP contribution in [0.5, 0.6) is 0 Å². The second-order valence-electron chi connectivity index (χ2n) is 2.75. The summed E-state index contributed by atoms with van der Waals surface area (Å²) in [7, 11) is 0. The first-order chi connectivity index (χ1) is 8.29. The molecule has 0 nitrogen and oxygen atoms in total. The van der Waals surface area contributed by atoms with Crippen LogP contribution >= 0.6 is 0 Å². The van der Waals surface area contributed by atoms with Gasteiger partial charge in [-0.1, -0.05) is 36.3 Å². The fourth-order valence-electron chi connectivity index (χ4n) is 1.06. The van der Waals surface area contributed by atoms with Crippen molar-refractivity contribution in [2.24, 2.45) is 0 Å². The normalized spacial score (nSPS) is 17.5. The van der Waals surface area contributed by atoms with Gasteiger partial charge in [0.25, 0.3) is 0 Å². The van der Waals surface area contributed by atoms with Gasteiger partial charge in [-0.15, -0.1) is 0 Å². The quantitative estimate of drug-likeness (QED) is 0.556. The van der Waals surface area contributed by atoms with E-state index in [2.05, 4.69) is 0 Å². The number of benzene rings is 2. The maximum atomic E-state index is 8.00. The summed E-state index contributed by atoms with van der Waals surface area (Å²) in [5.74, 6) is 0. The van der Waals surface area contributed by atoms with Crippen molar-refractivity contribution in [2.45, 2.75) is 13.8 Å². The van der Waals surface area contributed by atoms with Crippen molar-refractivity contribution in [3.05, 3.63) is 47.4 Å². The third-order valence-electron chi connectivity index (χ3n) is 1.88. The van der Waals surface area contributed by atoms with Gasteiger partial charge in [-0.25, -0.2) is 0 Å². The smallest absolute Gasteiger partial charge is 0.0616 e. The van der Waals surface area contributed by atoms with Crippen LogP contribution in [0.2, 0.25) is 0 Å². The van der Waals surface area contributed by atoms with Crippen molar-refractivity contribution in [1.29, 1.82) is 0 Å². The molecule has 2 rings (SSSR count). The van der Waals surface area contributed by atoms with Crippen LogP contribution in [0.15, 0.2) is 36.3 Å². The summed E-state index contributed by atoms with van der Waals surface area (Å²) in [5.41, 5.74) is 1.16. The lowest BCUT2D eigenvalue weighted by Crippen LogP contribution is -1.80. The van der Waals surface area contributed by atoms with Crippen molar-refractivity contribution in [1.82, 2.24) is 0 Å². The number of fused-ring (bicyclic) bond motifs is 1. The molecule has 0 aliphatic carbocycles. The Morgan fingerprint density at radius 1 is 0.917 bits per heavy atom. The average Bonchev–Trinajstić information content (AvgIpc) is 2.35. The molecule has 0 saturated carbocycles. The highest BCUT2D eigenvalue weighted by molar-refractivity contribution is 5.83. The van der Waals surface area contributed by atoms with Gasteiger partial charge in [0, 0.05) is 0 Å². The Bertz CT molecular complexity index is 562. The van der Waals surface area contributed by atoms with Crippen LogP contribution in [-0.4, -0.2) is 0 Å². The zero-order chi connectivity index (χ0) is 13.8. The molecule has 60 valence electrons. The molecule has 2 aromatic carbocycles. The van der Waals surface area contributed by atoms with Gasteiger partial charge in [-0.2, -0.15) is 0 Å². The predicted molar refractivity (Wildman–Crippen MR) is 53.4 cm³/mol. The molecule has 0 spiro atoms. The lowest BCUT2D eigenvalue weighted by Gasteiger charge is -2.02. The fourth-order valence-corrected chi connectivity index (χ4v) is 1.06. The molecular weight excluding hydrogens is 144 g/mol. The second kappa shape index (κ2) is 2.63. The van der Waals surface area contributed by atoms with Crippen LogP contribution < -0.4 is 0 Å². The summed E-state index contributed by atoms with van der Waals surface area (Å²) in [6, 6.07) is -1.05. The maximum absolute atomic E-state index is 8.00. The number of hydrogen-bond acceptors (Lipinski definition) is 0. The van der Waals surface area contributed by atoms with Crippen LogP contribution in [0, 0.1) is 13.8 Å². The summed E-state index contributed by atoms with van der Waals surface area (Å²) in [6.45, 7) is 3.38. The maximum Gasteiger partial charge on any atom is 0.0632 e. The van der Waals surface area contributed by atoms with Crippen LogP contribution in [0.4, 0.5) is 0 Å². The molecule has 0 saturated heterocycles. The first-order valence-corrected chi connectivity index (χ1v) is 3.75. The SMILES string of the molecule is [2H]c1c([2H])c([2H])c2c([2H])c(C)c(C)c([2H])c2c1[2H]. The average molecular weight is 162 g/mol. The zero-order valence-corrected chi connectivity index (χ0v) is 7.00. The molecule has 0 aromatic heterocycles. The Kier molecular flexibility index (Phi) is 0.705. The van der Waals surface area contributed by atoms with E-state index in [4.69, 9.17) is 8.22 Å². The molecule has 0 bridgehead atoms. The van der Waals surface area contributed by atoms with Gasteiger partial charge >= 0.3 is 0 Å². The highest BCUT2D eigenvalue weighted by atomic mass is 14.0. The Morgan fingerprint density at radius 3 is 1.75 bits per heavy atom. The topological polar surface area (TPSA) is 0 Å². The largest absolute Gasteiger partial charge is 0.0632 e. The van der Waals surface area contributed by atoms with Crippen LogP contribution in [0.3, 0.4) is 0 Å². The molecule has 0 aliphatic rings. The molecule has 12 heavy (non-hydrogen) atoms. The van der Waals surface area contributed by atoms with E-state index in [1.807, 2.05) is 0 Å². The van der Waals surface area contributed by atoms with Crippen molar-refractivity contribution in [2.75, 3.05) is 0 Å². The molecule has 0 fully saturated rings. The van der Waals surface area contributed by atoms with E-state index in [0.29, 0.717) is 11.1 Å². The zero-order valence-electron chi connectivity index (χ0n) is 13.0. The predicted octanol–water partition coefficient (Wildman–Crippen LogP) is 3.46. The fraction of sp³-hybridized carbons (Fsp3) is 0.167. The molecule has 0 aliphatic heterocycles. The van der Waals surface area contributed by atoms with Gasteiger partial charge in [0.15, 0.2) is 0 Å². The first-order valence-electron chi connectivity index (χ1n) is 6.75. The summed E-state index contributed by atoms with van der Waals surface area (Å²) in [5, 5.41) is 0.267. The molecule has 0 unspecified atom stereocenters. The minimum Gasteiger partial charge on any atom is -0.0616 e. The third kappa shape index (κ3) is 1.10. The molecule has 0 atom stereocenters. The molecule has 0 heterocycles. The van der Waals surface area contributed by atoms with Gasteiger partial charge in [0.2, 0.25) is 0 Å². The van der Waals surface area contributed by atoms with E-state index in [1.54, 1.807) is 13.8 Å². The minimum absolute atomic E-state index is 0.0745. The second-order valence-corrected chi connectivity index (χ2v) is 2.75. The van der Waals surface area contributed by atoms with Crippen molar-refractivity contribution in [3.63, 3.8) is 0 Å². The molecule has 2 aromatic rings. The van der Waals surface area contributed by atoms with Crippen LogP contribution in [-0.2, 0) is 0 Å². The number of rotatable bonds is 0. The Morgan fingerprint density at radius 2 is 1.33 bits per heavy atom. The van der Waals surface area contributed by atoms with Gasteiger partial charge < -0.3 is 0 Å². The van der Waals surface area contributed by atoms with Gasteiger partial charge in [0.05, 0.1) is 8.22 Å². The Labute approximate surface area is 81.3 Å². The molecule has 0 radical (unpaired) electrons. The third-order valence-corrected chi connectivity index (χ3v) is 1.88.